The van der Waals surface area contributed by atoms with Crippen molar-refractivity contribution in [3.8, 4) is 0 Å². The highest BCUT2D eigenvalue weighted by molar-refractivity contribution is 5.90. The Kier molecular flexibility index (Phi) is 5.29. The highest BCUT2D eigenvalue weighted by atomic mass is 19.1. The topological polar surface area (TPSA) is 78.6 Å². The second-order valence-corrected chi connectivity index (χ2v) is 3.99. The summed E-state index contributed by atoms with van der Waals surface area (Å²) in [6.45, 7) is 1.58. The van der Waals surface area contributed by atoms with Gasteiger partial charge >= 0.3 is 11.9 Å². The number of nitrogen functional groups attached to an aromatic ring is 1. The molecule has 0 heterocycles. The summed E-state index contributed by atoms with van der Waals surface area (Å²) in [5, 5.41) is 0. The number of halogens is 1. The van der Waals surface area contributed by atoms with E-state index in [0.717, 1.165) is 6.07 Å². The first-order valence-corrected chi connectivity index (χ1v) is 5.75. The van der Waals surface area contributed by atoms with E-state index in [1.165, 1.54) is 20.1 Å². The SMILES string of the molecule is COC(=O)CCCOC(=O)c1cc(N)c(C)c(F)c1. The molecule has 0 aromatic heterocycles. The average molecular weight is 269 g/mol. The maximum absolute atomic E-state index is 13.4. The van der Waals surface area contributed by atoms with Crippen molar-refractivity contribution in [2.24, 2.45) is 0 Å². The van der Waals surface area contributed by atoms with Gasteiger partial charge in [-0.15, -0.1) is 0 Å². The van der Waals surface area contributed by atoms with Crippen molar-refractivity contribution in [2.75, 3.05) is 19.5 Å². The normalized spacial score (nSPS) is 10.1. The lowest BCUT2D eigenvalue weighted by Crippen LogP contribution is -2.10. The van der Waals surface area contributed by atoms with Crippen LogP contribution < -0.4 is 5.73 Å². The van der Waals surface area contributed by atoms with Crippen LogP contribution in [0.15, 0.2) is 12.1 Å². The number of carbonyl (C=O) groups is 2. The summed E-state index contributed by atoms with van der Waals surface area (Å²) in [6.07, 6.45) is 0.510. The Bertz CT molecular complexity index is 465. The molecular formula is C13H16FNO4. The molecule has 5 nitrogen and oxygen atoms in total. The number of hydrogen-bond donors (Lipinski definition) is 1. The van der Waals surface area contributed by atoms with Crippen LogP contribution in [-0.2, 0) is 14.3 Å². The standard InChI is InChI=1S/C13H16FNO4/c1-8-10(14)6-9(7-11(8)15)13(17)19-5-3-4-12(16)18-2/h6-7H,3-5,15H2,1-2H3. The molecule has 0 bridgehead atoms. The quantitative estimate of drug-likeness (QED) is 0.501. The number of methoxy groups -OCH3 is 1. The molecule has 0 saturated carbocycles. The maximum Gasteiger partial charge on any atom is 0.338 e. The molecule has 0 unspecified atom stereocenters. The van der Waals surface area contributed by atoms with E-state index in [0.29, 0.717) is 12.0 Å². The summed E-state index contributed by atoms with van der Waals surface area (Å²) in [4.78, 5) is 22.4. The number of carbonyl (C=O) groups excluding carboxylic acids is 2. The van der Waals surface area contributed by atoms with Crippen LogP contribution in [0.2, 0.25) is 0 Å². The van der Waals surface area contributed by atoms with E-state index in [4.69, 9.17) is 10.5 Å². The molecule has 0 aliphatic carbocycles. The van der Waals surface area contributed by atoms with Gasteiger partial charge in [0.15, 0.2) is 0 Å². The van der Waals surface area contributed by atoms with Crippen molar-refractivity contribution >= 4 is 17.6 Å². The van der Waals surface area contributed by atoms with Crippen LogP contribution in [0.3, 0.4) is 0 Å². The van der Waals surface area contributed by atoms with Gasteiger partial charge in [0.25, 0.3) is 0 Å². The third-order valence-corrected chi connectivity index (χ3v) is 2.61. The lowest BCUT2D eigenvalue weighted by atomic mass is 10.1. The molecule has 6 heteroatoms. The molecule has 0 atom stereocenters. The highest BCUT2D eigenvalue weighted by Gasteiger charge is 2.12. The minimum absolute atomic E-state index is 0.0543. The average Bonchev–Trinajstić information content (AvgIpc) is 2.39. The number of rotatable bonds is 5. The third-order valence-electron chi connectivity index (χ3n) is 2.61. The number of hydrogen-bond acceptors (Lipinski definition) is 5. The molecular weight excluding hydrogens is 253 g/mol. The van der Waals surface area contributed by atoms with Crippen LogP contribution in [-0.4, -0.2) is 25.7 Å². The smallest absolute Gasteiger partial charge is 0.338 e. The molecule has 2 N–H and O–H groups in total. The fourth-order valence-electron chi connectivity index (χ4n) is 1.38. The van der Waals surface area contributed by atoms with E-state index in [1.807, 2.05) is 0 Å². The Morgan fingerprint density at radius 1 is 1.37 bits per heavy atom. The highest BCUT2D eigenvalue weighted by Crippen LogP contribution is 2.18. The Hall–Kier alpha value is -2.11. The minimum Gasteiger partial charge on any atom is -0.469 e. The van der Waals surface area contributed by atoms with Crippen molar-refractivity contribution < 1.29 is 23.5 Å². The molecule has 0 amide bonds. The van der Waals surface area contributed by atoms with E-state index in [9.17, 15) is 14.0 Å². The van der Waals surface area contributed by atoms with E-state index in [-0.39, 0.29) is 30.2 Å². The predicted molar refractivity (Wildman–Crippen MR) is 67.1 cm³/mol. The maximum atomic E-state index is 13.4. The molecule has 0 saturated heterocycles. The van der Waals surface area contributed by atoms with Crippen molar-refractivity contribution in [1.29, 1.82) is 0 Å². The largest absolute Gasteiger partial charge is 0.469 e. The molecule has 1 rings (SSSR count). The Morgan fingerprint density at radius 2 is 2.05 bits per heavy atom. The Labute approximate surface area is 110 Å². The summed E-state index contributed by atoms with van der Waals surface area (Å²) >= 11 is 0. The van der Waals surface area contributed by atoms with Crippen LogP contribution in [0.4, 0.5) is 10.1 Å². The van der Waals surface area contributed by atoms with Crippen molar-refractivity contribution in [2.45, 2.75) is 19.8 Å². The number of nitrogens with two attached hydrogens (primary N) is 1. The molecule has 0 spiro atoms. The van der Waals surface area contributed by atoms with Gasteiger partial charge in [0.1, 0.15) is 5.82 Å². The van der Waals surface area contributed by atoms with Gasteiger partial charge < -0.3 is 15.2 Å². The molecule has 0 fully saturated rings. The fraction of sp³-hybridized carbons (Fsp3) is 0.385. The summed E-state index contributed by atoms with van der Waals surface area (Å²) in [5.41, 5.74) is 6.11. The minimum atomic E-state index is -0.671. The number of anilines is 1. The summed E-state index contributed by atoms with van der Waals surface area (Å²) in [7, 11) is 1.28. The summed E-state index contributed by atoms with van der Waals surface area (Å²) in [6, 6.07) is 2.44. The first kappa shape index (κ1) is 14.9. The van der Waals surface area contributed by atoms with Crippen LogP contribution >= 0.6 is 0 Å². The lowest BCUT2D eigenvalue weighted by Gasteiger charge is -2.07. The molecule has 0 aliphatic rings. The van der Waals surface area contributed by atoms with Gasteiger partial charge in [-0.05, 0) is 25.5 Å². The third kappa shape index (κ3) is 4.24. The van der Waals surface area contributed by atoms with E-state index < -0.39 is 11.8 Å². The Morgan fingerprint density at radius 3 is 2.63 bits per heavy atom. The van der Waals surface area contributed by atoms with E-state index in [2.05, 4.69) is 4.74 Å². The van der Waals surface area contributed by atoms with Crippen molar-refractivity contribution in [3.63, 3.8) is 0 Å². The molecule has 1 aromatic rings. The zero-order chi connectivity index (χ0) is 14.4. The van der Waals surface area contributed by atoms with Crippen LogP contribution in [0.1, 0.15) is 28.8 Å². The predicted octanol–water partition coefficient (Wildman–Crippen LogP) is 1.83. The molecule has 19 heavy (non-hydrogen) atoms. The van der Waals surface area contributed by atoms with Crippen LogP contribution in [0.5, 0.6) is 0 Å². The second-order valence-electron chi connectivity index (χ2n) is 3.99. The molecule has 104 valence electrons. The van der Waals surface area contributed by atoms with Crippen molar-refractivity contribution in [3.05, 3.63) is 29.1 Å². The van der Waals surface area contributed by atoms with Gasteiger partial charge in [-0.3, -0.25) is 4.79 Å². The monoisotopic (exact) mass is 269 g/mol. The number of ether oxygens (including phenoxy) is 2. The summed E-state index contributed by atoms with van der Waals surface area (Å²) in [5.74, 6) is -1.60. The molecule has 1 aromatic carbocycles. The van der Waals surface area contributed by atoms with Gasteiger partial charge in [0.2, 0.25) is 0 Å². The van der Waals surface area contributed by atoms with E-state index >= 15 is 0 Å². The molecule has 0 aliphatic heterocycles. The van der Waals surface area contributed by atoms with Crippen LogP contribution in [0.25, 0.3) is 0 Å². The molecule has 0 radical (unpaired) electrons. The number of esters is 2. The zero-order valence-electron chi connectivity index (χ0n) is 10.9. The fourth-order valence-corrected chi connectivity index (χ4v) is 1.38. The van der Waals surface area contributed by atoms with Gasteiger partial charge in [0, 0.05) is 17.7 Å². The lowest BCUT2D eigenvalue weighted by molar-refractivity contribution is -0.140. The van der Waals surface area contributed by atoms with Crippen LogP contribution in [0, 0.1) is 12.7 Å². The van der Waals surface area contributed by atoms with Gasteiger partial charge in [-0.2, -0.15) is 0 Å². The first-order valence-electron chi connectivity index (χ1n) is 5.75. The van der Waals surface area contributed by atoms with Gasteiger partial charge in [0.05, 0.1) is 19.3 Å². The first-order chi connectivity index (χ1) is 8.95. The second kappa shape index (κ2) is 6.72. The summed E-state index contributed by atoms with van der Waals surface area (Å²) < 4.78 is 22.7. The number of benzene rings is 1. The van der Waals surface area contributed by atoms with Crippen molar-refractivity contribution in [1.82, 2.24) is 0 Å². The van der Waals surface area contributed by atoms with E-state index in [1.54, 1.807) is 0 Å². The van der Waals surface area contributed by atoms with Gasteiger partial charge in [-0.1, -0.05) is 0 Å². The zero-order valence-corrected chi connectivity index (χ0v) is 10.9. The Balaban J connectivity index is 2.52. The van der Waals surface area contributed by atoms with Gasteiger partial charge in [-0.25, -0.2) is 9.18 Å².